The highest BCUT2D eigenvalue weighted by Gasteiger charge is 2.47. The number of carbonyl (C=O) groups is 1. The monoisotopic (exact) mass is 530 g/mol. The number of amides is 1. The third-order valence-corrected chi connectivity index (χ3v) is 8.33. The molecule has 1 aliphatic heterocycles. The summed E-state index contributed by atoms with van der Waals surface area (Å²) in [5, 5.41) is 19.7. The van der Waals surface area contributed by atoms with Crippen molar-refractivity contribution in [1.82, 2.24) is 19.7 Å². The van der Waals surface area contributed by atoms with Gasteiger partial charge in [0.2, 0.25) is 5.43 Å². The van der Waals surface area contributed by atoms with Crippen LogP contribution in [0.2, 0.25) is 0 Å². The highest BCUT2D eigenvalue weighted by atomic mass is 32.1. The molecule has 37 heavy (non-hydrogen) atoms. The number of halogens is 2. The van der Waals surface area contributed by atoms with Gasteiger partial charge < -0.3 is 19.3 Å². The summed E-state index contributed by atoms with van der Waals surface area (Å²) in [5.41, 5.74) is -0.782. The third-order valence-electron chi connectivity index (χ3n) is 7.38. The molecule has 5 rings (SSSR count). The van der Waals surface area contributed by atoms with Crippen LogP contribution < -0.4 is 5.43 Å². The molecule has 2 aliphatic rings. The average Bonchev–Trinajstić information content (AvgIpc) is 3.33. The van der Waals surface area contributed by atoms with Gasteiger partial charge in [-0.15, -0.1) is 10.2 Å². The maximum absolute atomic E-state index is 14.1. The van der Waals surface area contributed by atoms with Gasteiger partial charge in [0.1, 0.15) is 16.6 Å². The lowest BCUT2D eigenvalue weighted by Gasteiger charge is -2.51. The van der Waals surface area contributed by atoms with Crippen molar-refractivity contribution in [3.8, 4) is 16.3 Å². The number of hydrogen-bond acceptors (Lipinski definition) is 7. The molecule has 1 saturated carbocycles. The zero-order valence-electron chi connectivity index (χ0n) is 20.7. The van der Waals surface area contributed by atoms with Crippen LogP contribution in [0.5, 0.6) is 5.75 Å². The van der Waals surface area contributed by atoms with Gasteiger partial charge in [0.15, 0.2) is 16.5 Å². The fraction of sp³-hybridized carbons (Fsp3) is 0.462. The second-order valence-corrected chi connectivity index (χ2v) is 10.6. The number of benzene rings is 1. The lowest BCUT2D eigenvalue weighted by atomic mass is 9.77. The lowest BCUT2D eigenvalue weighted by molar-refractivity contribution is -0.0300. The molecule has 0 atom stereocenters. The molecule has 1 amide bonds. The van der Waals surface area contributed by atoms with Crippen LogP contribution in [0.4, 0.5) is 8.78 Å². The number of nitrogens with zero attached hydrogens (tertiary/aromatic N) is 4. The summed E-state index contributed by atoms with van der Waals surface area (Å²) >= 11 is 1.09. The minimum absolute atomic E-state index is 0.0220. The Morgan fingerprint density at radius 1 is 1.19 bits per heavy atom. The van der Waals surface area contributed by atoms with Crippen molar-refractivity contribution >= 4 is 17.2 Å². The van der Waals surface area contributed by atoms with Crippen LogP contribution in [0.15, 0.2) is 29.2 Å². The predicted molar refractivity (Wildman–Crippen MR) is 134 cm³/mol. The van der Waals surface area contributed by atoms with Crippen molar-refractivity contribution in [3.63, 3.8) is 0 Å². The molecule has 1 fully saturated rings. The van der Waals surface area contributed by atoms with Crippen LogP contribution in [0.1, 0.15) is 60.6 Å². The summed E-state index contributed by atoms with van der Waals surface area (Å²) in [6.07, 6.45) is 4.97. The van der Waals surface area contributed by atoms with Crippen molar-refractivity contribution in [1.29, 1.82) is 0 Å². The van der Waals surface area contributed by atoms with Gasteiger partial charge in [0.25, 0.3) is 5.91 Å². The van der Waals surface area contributed by atoms with Gasteiger partial charge in [-0.3, -0.25) is 9.59 Å². The Labute approximate surface area is 216 Å². The molecule has 2 aromatic heterocycles. The fourth-order valence-corrected chi connectivity index (χ4v) is 6.47. The first-order chi connectivity index (χ1) is 17.8. The minimum Gasteiger partial charge on any atom is -0.503 e. The molecule has 8 nitrogen and oxygen atoms in total. The predicted octanol–water partition coefficient (Wildman–Crippen LogP) is 4.14. The third kappa shape index (κ3) is 4.54. The highest BCUT2D eigenvalue weighted by molar-refractivity contribution is 7.14. The second kappa shape index (κ2) is 9.94. The number of aromatic nitrogens is 3. The standard InChI is InChI=1S/C26H28F2N4O4S/c1-3-32-25(35)21-23(34)22(33)18(13-31(21)14-26(32)9-7-17(8-10-26)36-4-2)24-30-29-20(37-24)11-15-5-6-16(27)12-19(15)28/h5-6,12-13,17,34H,3-4,7-11,14H2,1-2H3. The number of rotatable bonds is 6. The molecule has 0 unspecified atom stereocenters. The van der Waals surface area contributed by atoms with Crippen molar-refractivity contribution in [2.45, 2.75) is 64.1 Å². The van der Waals surface area contributed by atoms with Gasteiger partial charge in [0.05, 0.1) is 17.2 Å². The summed E-state index contributed by atoms with van der Waals surface area (Å²) in [6, 6.07) is 3.32. The smallest absolute Gasteiger partial charge is 0.275 e. The van der Waals surface area contributed by atoms with Crippen LogP contribution in [-0.2, 0) is 17.7 Å². The topological polar surface area (TPSA) is 97.5 Å². The van der Waals surface area contributed by atoms with Crippen molar-refractivity contribution in [2.24, 2.45) is 0 Å². The van der Waals surface area contributed by atoms with E-state index in [2.05, 4.69) is 10.2 Å². The van der Waals surface area contributed by atoms with E-state index < -0.39 is 28.4 Å². The Morgan fingerprint density at radius 2 is 1.95 bits per heavy atom. The van der Waals surface area contributed by atoms with Crippen LogP contribution in [-0.4, -0.2) is 55.5 Å². The minimum atomic E-state index is -0.706. The highest BCUT2D eigenvalue weighted by Crippen LogP contribution is 2.41. The summed E-state index contributed by atoms with van der Waals surface area (Å²) in [4.78, 5) is 28.4. The number of aromatic hydroxyl groups is 1. The number of hydrogen-bond donors (Lipinski definition) is 1. The summed E-state index contributed by atoms with van der Waals surface area (Å²) in [7, 11) is 0. The first-order valence-corrected chi connectivity index (χ1v) is 13.2. The first-order valence-electron chi connectivity index (χ1n) is 12.4. The molecular formula is C26H28F2N4O4S. The van der Waals surface area contributed by atoms with E-state index in [9.17, 15) is 23.5 Å². The number of likely N-dealkylation sites (N-methyl/N-ethyl adjacent to an activating group) is 1. The Balaban J connectivity index is 1.48. The summed E-state index contributed by atoms with van der Waals surface area (Å²) < 4.78 is 34.8. The number of carbonyl (C=O) groups excluding carboxylic acids is 1. The Morgan fingerprint density at radius 3 is 2.62 bits per heavy atom. The van der Waals surface area contributed by atoms with Gasteiger partial charge in [-0.2, -0.15) is 0 Å². The normalized spacial score (nSPS) is 21.5. The van der Waals surface area contributed by atoms with Gasteiger partial charge in [-0.25, -0.2) is 8.78 Å². The lowest BCUT2D eigenvalue weighted by Crippen LogP contribution is -2.60. The molecule has 196 valence electrons. The second-order valence-electron chi connectivity index (χ2n) is 9.54. The molecule has 3 heterocycles. The molecule has 11 heteroatoms. The van der Waals surface area contributed by atoms with Crippen molar-refractivity contribution in [3.05, 3.63) is 62.5 Å². The Kier molecular flexibility index (Phi) is 6.84. The SMILES string of the molecule is CCOC1CCC2(CC1)Cn1cc(-c3nnc(Cc4ccc(F)cc4F)s3)c(=O)c(O)c1C(=O)N2CC. The first kappa shape index (κ1) is 25.5. The molecular weight excluding hydrogens is 502 g/mol. The van der Waals surface area contributed by atoms with E-state index in [4.69, 9.17) is 4.74 Å². The largest absolute Gasteiger partial charge is 0.503 e. The van der Waals surface area contributed by atoms with Crippen molar-refractivity contribution in [2.75, 3.05) is 13.2 Å². The molecule has 1 aromatic carbocycles. The average molecular weight is 531 g/mol. The summed E-state index contributed by atoms with van der Waals surface area (Å²) in [5.74, 6) is -2.33. The molecule has 1 aliphatic carbocycles. The van der Waals surface area contributed by atoms with Crippen LogP contribution in [0.3, 0.4) is 0 Å². The maximum atomic E-state index is 14.1. The van der Waals surface area contributed by atoms with E-state index >= 15 is 0 Å². The number of fused-ring (bicyclic) bond motifs is 1. The van der Waals surface area contributed by atoms with Crippen molar-refractivity contribution < 1.29 is 23.4 Å². The van der Waals surface area contributed by atoms with Crippen LogP contribution in [0.25, 0.3) is 10.6 Å². The molecule has 0 bridgehead atoms. The van der Waals surface area contributed by atoms with E-state index in [0.29, 0.717) is 24.7 Å². The number of ether oxygens (including phenoxy) is 1. The molecule has 1 N–H and O–H groups in total. The Bertz CT molecular complexity index is 1400. The quantitative estimate of drug-likeness (QED) is 0.515. The zero-order chi connectivity index (χ0) is 26.3. The van der Waals surface area contributed by atoms with E-state index in [1.54, 1.807) is 15.7 Å². The zero-order valence-corrected chi connectivity index (χ0v) is 21.5. The van der Waals surface area contributed by atoms with Gasteiger partial charge in [-0.1, -0.05) is 17.4 Å². The van der Waals surface area contributed by atoms with E-state index in [-0.39, 0.29) is 40.3 Å². The van der Waals surface area contributed by atoms with Gasteiger partial charge in [-0.05, 0) is 51.2 Å². The van der Waals surface area contributed by atoms with Gasteiger partial charge in [0, 0.05) is 38.4 Å². The number of pyridine rings is 1. The van der Waals surface area contributed by atoms with Crippen LogP contribution >= 0.6 is 11.3 Å². The Hall–Kier alpha value is -3.18. The molecule has 0 saturated heterocycles. The van der Waals surface area contributed by atoms with E-state index in [0.717, 1.165) is 43.1 Å². The molecule has 1 spiro atoms. The molecule has 3 aromatic rings. The van der Waals surface area contributed by atoms with E-state index in [1.807, 2.05) is 13.8 Å². The van der Waals surface area contributed by atoms with Gasteiger partial charge >= 0.3 is 0 Å². The summed E-state index contributed by atoms with van der Waals surface area (Å²) in [6.45, 7) is 5.42. The van der Waals surface area contributed by atoms with E-state index in [1.165, 1.54) is 12.1 Å². The fourth-order valence-electron chi connectivity index (χ4n) is 5.60. The maximum Gasteiger partial charge on any atom is 0.275 e. The molecule has 0 radical (unpaired) electrons. The van der Waals surface area contributed by atoms with Crippen LogP contribution in [0, 0.1) is 11.6 Å².